The smallest absolute Gasteiger partial charge is 0.330 e. The number of carbonyl (C=O) groups excluding carboxylic acids is 1. The summed E-state index contributed by atoms with van der Waals surface area (Å²) in [6.45, 7) is 9.00. The van der Waals surface area contributed by atoms with E-state index in [0.717, 1.165) is 4.57 Å². The van der Waals surface area contributed by atoms with Crippen molar-refractivity contribution in [1.82, 2.24) is 18.8 Å². The fourth-order valence-corrected chi connectivity index (χ4v) is 5.39. The molecule has 0 saturated heterocycles. The summed E-state index contributed by atoms with van der Waals surface area (Å²) in [7, 11) is -1.37. The van der Waals surface area contributed by atoms with Crippen LogP contribution in [0.2, 0.25) is 0 Å². The topological polar surface area (TPSA) is 110 Å². The molecule has 0 aliphatic rings. The van der Waals surface area contributed by atoms with E-state index in [1.165, 1.54) is 36.9 Å². The van der Waals surface area contributed by atoms with E-state index in [4.69, 9.17) is 0 Å². The second-order valence-corrected chi connectivity index (χ2v) is 11.6. The van der Waals surface area contributed by atoms with Crippen molar-refractivity contribution in [3.8, 4) is 0 Å². The summed E-state index contributed by atoms with van der Waals surface area (Å²) in [4.78, 5) is 40.2. The zero-order valence-corrected chi connectivity index (χ0v) is 22.4. The molecular weight excluding hydrogens is 480 g/mol. The van der Waals surface area contributed by atoms with Crippen molar-refractivity contribution in [2.24, 2.45) is 25.9 Å². The van der Waals surface area contributed by atoms with Gasteiger partial charge in [-0.3, -0.25) is 18.7 Å². The lowest BCUT2D eigenvalue weighted by Crippen LogP contribution is -2.45. The molecule has 1 aromatic heterocycles. The first-order valence-electron chi connectivity index (χ1n) is 11.9. The number of aryl methyl sites for hydroxylation is 1. The van der Waals surface area contributed by atoms with Crippen molar-refractivity contribution in [2.45, 2.75) is 38.6 Å². The highest BCUT2D eigenvalue weighted by molar-refractivity contribution is 7.89. The van der Waals surface area contributed by atoms with E-state index in [1.54, 1.807) is 35.2 Å². The Hall–Kier alpha value is -3.24. The maximum Gasteiger partial charge on any atom is 0.330 e. The highest BCUT2D eigenvalue weighted by Crippen LogP contribution is 2.22. The maximum absolute atomic E-state index is 13.7. The van der Waals surface area contributed by atoms with Gasteiger partial charge in [0.05, 0.1) is 15.8 Å². The molecule has 194 valence electrons. The largest absolute Gasteiger partial charge is 0.341 e. The van der Waals surface area contributed by atoms with Gasteiger partial charge in [0.1, 0.15) is 6.04 Å². The van der Waals surface area contributed by atoms with Crippen LogP contribution in [0.4, 0.5) is 0 Å². The number of sulfonamides is 1. The Kier molecular flexibility index (Phi) is 8.20. The monoisotopic (exact) mass is 514 g/mol. The molecule has 0 radical (unpaired) electrons. The summed E-state index contributed by atoms with van der Waals surface area (Å²) in [5, 5.41) is 0.0892. The van der Waals surface area contributed by atoms with Gasteiger partial charge in [0.15, 0.2) is 0 Å². The first-order valence-corrected chi connectivity index (χ1v) is 13.4. The number of fused-ring (bicyclic) bond motifs is 1. The first kappa shape index (κ1) is 27.3. The number of carbonyl (C=O) groups is 1. The normalized spacial score (nSPS) is 12.9. The van der Waals surface area contributed by atoms with E-state index < -0.39 is 27.3 Å². The molecule has 1 heterocycles. The Morgan fingerprint density at radius 3 is 2.06 bits per heavy atom. The third kappa shape index (κ3) is 5.76. The van der Waals surface area contributed by atoms with Crippen LogP contribution < -0.4 is 16.0 Å². The molecule has 1 amide bonds. The first-order chi connectivity index (χ1) is 16.8. The van der Waals surface area contributed by atoms with E-state index in [2.05, 4.69) is 4.72 Å². The maximum atomic E-state index is 13.7. The lowest BCUT2D eigenvalue weighted by Gasteiger charge is -2.30. The Morgan fingerprint density at radius 2 is 1.50 bits per heavy atom. The van der Waals surface area contributed by atoms with Crippen LogP contribution in [0.5, 0.6) is 0 Å². The molecular formula is C26H34N4O5S. The molecule has 0 aliphatic heterocycles. The van der Waals surface area contributed by atoms with Crippen molar-refractivity contribution in [1.29, 1.82) is 0 Å². The average Bonchev–Trinajstić information content (AvgIpc) is 2.83. The van der Waals surface area contributed by atoms with Crippen molar-refractivity contribution >= 4 is 26.8 Å². The van der Waals surface area contributed by atoms with E-state index >= 15 is 0 Å². The summed E-state index contributed by atoms with van der Waals surface area (Å²) in [6, 6.07) is 11.6. The standard InChI is InChI=1S/C26H34N4O5S/c1-17(2)15-30(16-18(3)4)25(32)23(19-10-8-7-9-11-19)27-36(34,35)20-12-13-22-21(14-20)24(31)29(6)26(33)28(22)5/h7-14,17-18,23,27H,15-16H2,1-6H3/t23-/m1/s1. The van der Waals surface area contributed by atoms with E-state index in [1.807, 2.05) is 27.7 Å². The SMILES string of the molecule is CC(C)CN(CC(C)C)C(=O)[C@H](NS(=O)(=O)c1ccc2c(c1)c(=O)n(C)c(=O)n2C)c1ccccc1. The Labute approximate surface area is 211 Å². The molecule has 3 rings (SSSR count). The fourth-order valence-electron chi connectivity index (χ4n) is 4.19. The number of nitrogens with one attached hydrogen (secondary N) is 1. The molecule has 0 spiro atoms. The second kappa shape index (κ2) is 10.8. The summed E-state index contributed by atoms with van der Waals surface area (Å²) >= 11 is 0. The number of hydrogen-bond acceptors (Lipinski definition) is 5. The van der Waals surface area contributed by atoms with E-state index in [-0.39, 0.29) is 28.0 Å². The minimum Gasteiger partial charge on any atom is -0.341 e. The lowest BCUT2D eigenvalue weighted by molar-refractivity contribution is -0.134. The minimum atomic E-state index is -4.22. The predicted molar refractivity (Wildman–Crippen MR) is 140 cm³/mol. The van der Waals surface area contributed by atoms with Crippen LogP contribution in [0.1, 0.15) is 39.3 Å². The second-order valence-electron chi connectivity index (χ2n) is 9.88. The summed E-state index contributed by atoms with van der Waals surface area (Å²) in [5.41, 5.74) is -0.271. The molecule has 9 nitrogen and oxygen atoms in total. The molecule has 2 aromatic carbocycles. The third-order valence-electron chi connectivity index (χ3n) is 5.88. The molecule has 0 bridgehead atoms. The molecule has 1 N–H and O–H groups in total. The zero-order valence-electron chi connectivity index (χ0n) is 21.6. The fraction of sp³-hybridized carbons (Fsp3) is 0.423. The van der Waals surface area contributed by atoms with E-state index in [9.17, 15) is 22.8 Å². The lowest BCUT2D eigenvalue weighted by atomic mass is 10.0. The molecule has 1 atom stereocenters. The molecule has 0 unspecified atom stereocenters. The van der Waals surface area contributed by atoms with Crippen molar-refractivity contribution in [3.05, 3.63) is 74.9 Å². The van der Waals surface area contributed by atoms with Gasteiger partial charge in [-0.2, -0.15) is 4.72 Å². The zero-order chi connectivity index (χ0) is 26.8. The van der Waals surface area contributed by atoms with Gasteiger partial charge in [0, 0.05) is 27.2 Å². The van der Waals surface area contributed by atoms with Gasteiger partial charge in [-0.15, -0.1) is 0 Å². The molecule has 0 fully saturated rings. The average molecular weight is 515 g/mol. The quantitative estimate of drug-likeness (QED) is 0.472. The molecule has 0 aliphatic carbocycles. The predicted octanol–water partition coefficient (Wildman–Crippen LogP) is 2.40. The van der Waals surface area contributed by atoms with Crippen LogP contribution in [0.15, 0.2) is 63.0 Å². The number of benzene rings is 2. The highest BCUT2D eigenvalue weighted by atomic mass is 32.2. The highest BCUT2D eigenvalue weighted by Gasteiger charge is 2.31. The molecule has 36 heavy (non-hydrogen) atoms. The van der Waals surface area contributed by atoms with Crippen molar-refractivity contribution in [3.63, 3.8) is 0 Å². The molecule has 0 saturated carbocycles. The Bertz CT molecular complexity index is 1460. The van der Waals surface area contributed by atoms with Gasteiger partial charge in [-0.1, -0.05) is 58.0 Å². The number of hydrogen-bond donors (Lipinski definition) is 1. The van der Waals surface area contributed by atoms with Gasteiger partial charge >= 0.3 is 5.69 Å². The minimum absolute atomic E-state index is 0.0892. The van der Waals surface area contributed by atoms with Crippen LogP contribution in [0.3, 0.4) is 0 Å². The van der Waals surface area contributed by atoms with Crippen molar-refractivity contribution in [2.75, 3.05) is 13.1 Å². The number of rotatable bonds is 9. The van der Waals surface area contributed by atoms with Crippen LogP contribution >= 0.6 is 0 Å². The van der Waals surface area contributed by atoms with E-state index in [0.29, 0.717) is 24.2 Å². The van der Waals surface area contributed by atoms with Gasteiger partial charge in [-0.05, 0) is 35.6 Å². The Balaban J connectivity index is 2.09. The van der Waals surface area contributed by atoms with Gasteiger partial charge < -0.3 is 4.90 Å². The molecule has 10 heteroatoms. The van der Waals surface area contributed by atoms with Crippen molar-refractivity contribution < 1.29 is 13.2 Å². The van der Waals surface area contributed by atoms with Gasteiger partial charge in [-0.25, -0.2) is 13.2 Å². The van der Waals surface area contributed by atoms with Crippen LogP contribution in [-0.2, 0) is 28.9 Å². The summed E-state index contributed by atoms with van der Waals surface area (Å²) in [5.74, 6) is 0.0550. The third-order valence-corrected chi connectivity index (χ3v) is 7.30. The summed E-state index contributed by atoms with van der Waals surface area (Å²) < 4.78 is 31.8. The van der Waals surface area contributed by atoms with Crippen LogP contribution in [0.25, 0.3) is 10.9 Å². The molecule has 3 aromatic rings. The number of aromatic nitrogens is 2. The van der Waals surface area contributed by atoms with Crippen LogP contribution in [0, 0.1) is 11.8 Å². The Morgan fingerprint density at radius 1 is 0.917 bits per heavy atom. The number of amides is 1. The summed E-state index contributed by atoms with van der Waals surface area (Å²) in [6.07, 6.45) is 0. The number of nitrogens with zero attached hydrogens (tertiary/aromatic N) is 3. The van der Waals surface area contributed by atoms with Crippen LogP contribution in [-0.4, -0.2) is 41.4 Å². The van der Waals surface area contributed by atoms with Gasteiger partial charge in [0.25, 0.3) is 5.56 Å². The van der Waals surface area contributed by atoms with Gasteiger partial charge in [0.2, 0.25) is 15.9 Å².